The number of hydrogen-bond acceptors (Lipinski definition) is 2. The molecule has 23 heavy (non-hydrogen) atoms. The van der Waals surface area contributed by atoms with Crippen LogP contribution in [0.5, 0.6) is 0 Å². The lowest BCUT2D eigenvalue weighted by molar-refractivity contribution is -0.141. The Balaban J connectivity index is 0.00000264. The Morgan fingerprint density at radius 2 is 1.78 bits per heavy atom. The molecule has 0 aromatic heterocycles. The third kappa shape index (κ3) is 5.06. The fourth-order valence-electron chi connectivity index (χ4n) is 3.03. The minimum Gasteiger partial charge on any atom is -0.314 e. The molecule has 132 valence electrons. The summed E-state index contributed by atoms with van der Waals surface area (Å²) in [6, 6.07) is 3.27. The van der Waals surface area contributed by atoms with Crippen LogP contribution in [0.3, 0.4) is 0 Å². The first-order valence-corrected chi connectivity index (χ1v) is 7.61. The van der Waals surface area contributed by atoms with Gasteiger partial charge in [-0.1, -0.05) is 26.0 Å². The molecule has 7 heteroatoms. The third-order valence-corrected chi connectivity index (χ3v) is 3.98. The summed E-state index contributed by atoms with van der Waals surface area (Å²) in [6.45, 7) is 6.77. The summed E-state index contributed by atoms with van der Waals surface area (Å²) in [6.07, 6.45) is -4.10. The Bertz CT molecular complexity index is 499. The molecular formula is C16H23ClF4N2. The van der Waals surface area contributed by atoms with Crippen LogP contribution in [0.25, 0.3) is 0 Å². The first-order chi connectivity index (χ1) is 10.3. The van der Waals surface area contributed by atoms with Crippen molar-refractivity contribution in [2.45, 2.75) is 32.5 Å². The maximum absolute atomic E-state index is 13.9. The SMILES string of the molecule is CC(C)C[C@H](c1cccc(F)c1C(F)(F)F)N1CCNCC1.Cl. The van der Waals surface area contributed by atoms with Crippen molar-refractivity contribution >= 4 is 12.4 Å². The van der Waals surface area contributed by atoms with Crippen LogP contribution in [0.15, 0.2) is 18.2 Å². The van der Waals surface area contributed by atoms with Gasteiger partial charge in [-0.25, -0.2) is 4.39 Å². The summed E-state index contributed by atoms with van der Waals surface area (Å²) in [4.78, 5) is 2.03. The highest BCUT2D eigenvalue weighted by atomic mass is 35.5. The lowest BCUT2D eigenvalue weighted by Crippen LogP contribution is -2.45. The highest BCUT2D eigenvalue weighted by Gasteiger charge is 2.39. The monoisotopic (exact) mass is 354 g/mol. The molecule has 0 unspecified atom stereocenters. The van der Waals surface area contributed by atoms with Gasteiger partial charge in [-0.3, -0.25) is 4.90 Å². The number of nitrogens with zero attached hydrogens (tertiary/aromatic N) is 1. The van der Waals surface area contributed by atoms with E-state index in [9.17, 15) is 17.6 Å². The lowest BCUT2D eigenvalue weighted by Gasteiger charge is -2.37. The van der Waals surface area contributed by atoms with Gasteiger partial charge in [-0.15, -0.1) is 12.4 Å². The zero-order chi connectivity index (χ0) is 16.3. The van der Waals surface area contributed by atoms with E-state index in [4.69, 9.17) is 0 Å². The van der Waals surface area contributed by atoms with Crippen LogP contribution in [0, 0.1) is 11.7 Å². The summed E-state index contributed by atoms with van der Waals surface area (Å²) in [7, 11) is 0. The molecule has 1 fully saturated rings. The molecule has 1 aliphatic heterocycles. The minimum atomic E-state index is -4.68. The summed E-state index contributed by atoms with van der Waals surface area (Å²) < 4.78 is 53.8. The van der Waals surface area contributed by atoms with E-state index in [1.54, 1.807) is 0 Å². The third-order valence-electron chi connectivity index (χ3n) is 3.98. The quantitative estimate of drug-likeness (QED) is 0.813. The largest absolute Gasteiger partial charge is 0.419 e. The molecule has 0 spiro atoms. The average molecular weight is 355 g/mol. The molecule has 2 rings (SSSR count). The average Bonchev–Trinajstić information content (AvgIpc) is 2.44. The maximum atomic E-state index is 13.9. The molecule has 0 amide bonds. The van der Waals surface area contributed by atoms with Crippen molar-refractivity contribution in [3.05, 3.63) is 35.1 Å². The van der Waals surface area contributed by atoms with E-state index in [2.05, 4.69) is 5.32 Å². The van der Waals surface area contributed by atoms with Gasteiger partial charge in [0.1, 0.15) is 5.82 Å². The molecular weight excluding hydrogens is 332 g/mol. The van der Waals surface area contributed by atoms with Crippen LogP contribution < -0.4 is 5.32 Å². The zero-order valence-corrected chi connectivity index (χ0v) is 14.1. The second-order valence-electron chi connectivity index (χ2n) is 6.13. The van der Waals surface area contributed by atoms with Crippen molar-refractivity contribution in [2.24, 2.45) is 5.92 Å². The lowest BCUT2D eigenvalue weighted by atomic mass is 9.91. The predicted octanol–water partition coefficient (Wildman–Crippen LogP) is 4.26. The second-order valence-corrected chi connectivity index (χ2v) is 6.13. The van der Waals surface area contributed by atoms with E-state index in [-0.39, 0.29) is 23.9 Å². The van der Waals surface area contributed by atoms with Crippen LogP contribution in [0.1, 0.15) is 37.4 Å². The van der Waals surface area contributed by atoms with Gasteiger partial charge in [0.05, 0.1) is 5.56 Å². The number of benzene rings is 1. The molecule has 1 atom stereocenters. The molecule has 1 heterocycles. The highest BCUT2D eigenvalue weighted by Crippen LogP contribution is 2.40. The first kappa shape index (κ1) is 20.2. The second kappa shape index (κ2) is 8.31. The van der Waals surface area contributed by atoms with Crippen molar-refractivity contribution in [3.8, 4) is 0 Å². The van der Waals surface area contributed by atoms with Crippen LogP contribution in [-0.2, 0) is 6.18 Å². The zero-order valence-electron chi connectivity index (χ0n) is 13.3. The van der Waals surface area contributed by atoms with Crippen molar-refractivity contribution < 1.29 is 17.6 Å². The van der Waals surface area contributed by atoms with Crippen molar-refractivity contribution in [1.29, 1.82) is 0 Å². The molecule has 0 radical (unpaired) electrons. The van der Waals surface area contributed by atoms with E-state index in [0.717, 1.165) is 19.2 Å². The van der Waals surface area contributed by atoms with Gasteiger partial charge in [-0.05, 0) is 24.0 Å². The van der Waals surface area contributed by atoms with Gasteiger partial charge in [0.2, 0.25) is 0 Å². The van der Waals surface area contributed by atoms with Crippen molar-refractivity contribution in [1.82, 2.24) is 10.2 Å². The van der Waals surface area contributed by atoms with Crippen molar-refractivity contribution in [3.63, 3.8) is 0 Å². The van der Waals surface area contributed by atoms with Crippen molar-refractivity contribution in [2.75, 3.05) is 26.2 Å². The summed E-state index contributed by atoms with van der Waals surface area (Å²) >= 11 is 0. The smallest absolute Gasteiger partial charge is 0.314 e. The van der Waals surface area contributed by atoms with Crippen LogP contribution in [0.2, 0.25) is 0 Å². The molecule has 0 bridgehead atoms. The Hall–Kier alpha value is -0.850. The minimum absolute atomic E-state index is 0. The summed E-state index contributed by atoms with van der Waals surface area (Å²) in [5.74, 6) is -0.960. The fraction of sp³-hybridized carbons (Fsp3) is 0.625. The first-order valence-electron chi connectivity index (χ1n) is 7.61. The van der Waals surface area contributed by atoms with E-state index in [1.165, 1.54) is 12.1 Å². The van der Waals surface area contributed by atoms with E-state index < -0.39 is 23.6 Å². The molecule has 1 aliphatic rings. The van der Waals surface area contributed by atoms with E-state index in [1.807, 2.05) is 18.7 Å². The summed E-state index contributed by atoms with van der Waals surface area (Å²) in [5.41, 5.74) is -1.05. The number of piperazine rings is 1. The van der Waals surface area contributed by atoms with Gasteiger partial charge in [-0.2, -0.15) is 13.2 Å². The van der Waals surface area contributed by atoms with Crippen LogP contribution in [-0.4, -0.2) is 31.1 Å². The van der Waals surface area contributed by atoms with Crippen LogP contribution in [0.4, 0.5) is 17.6 Å². The van der Waals surface area contributed by atoms with Crippen LogP contribution >= 0.6 is 12.4 Å². The van der Waals surface area contributed by atoms with Gasteiger partial charge in [0.25, 0.3) is 0 Å². The molecule has 1 N–H and O–H groups in total. The molecule has 0 aliphatic carbocycles. The Morgan fingerprint density at radius 1 is 1.17 bits per heavy atom. The Labute approximate surface area is 140 Å². The summed E-state index contributed by atoms with van der Waals surface area (Å²) in [5, 5.41) is 3.19. The standard InChI is InChI=1S/C16H22F4N2.ClH/c1-11(2)10-14(22-8-6-21-7-9-22)12-4-3-5-13(17)15(12)16(18,19)20;/h3-5,11,14,21H,6-10H2,1-2H3;1H/t14-;/m1./s1. The van der Waals surface area contributed by atoms with E-state index in [0.29, 0.717) is 19.5 Å². The molecule has 1 aromatic carbocycles. The molecule has 1 saturated heterocycles. The number of nitrogens with one attached hydrogen (secondary N) is 1. The number of rotatable bonds is 4. The predicted molar refractivity (Wildman–Crippen MR) is 85.3 cm³/mol. The van der Waals surface area contributed by atoms with Gasteiger partial charge < -0.3 is 5.32 Å². The molecule has 1 aromatic rings. The van der Waals surface area contributed by atoms with Gasteiger partial charge in [0, 0.05) is 32.2 Å². The Kier molecular flexibility index (Phi) is 7.29. The number of hydrogen-bond donors (Lipinski definition) is 1. The fourth-order valence-corrected chi connectivity index (χ4v) is 3.03. The molecule has 2 nitrogen and oxygen atoms in total. The topological polar surface area (TPSA) is 15.3 Å². The highest BCUT2D eigenvalue weighted by molar-refractivity contribution is 5.85. The molecule has 0 saturated carbocycles. The van der Waals surface area contributed by atoms with Gasteiger partial charge >= 0.3 is 6.18 Å². The normalized spacial score (nSPS) is 17.9. The number of halogens is 5. The van der Waals surface area contributed by atoms with E-state index >= 15 is 0 Å². The maximum Gasteiger partial charge on any atom is 0.419 e. The number of alkyl halides is 3. The van der Waals surface area contributed by atoms with Gasteiger partial charge in [0.15, 0.2) is 0 Å². The Morgan fingerprint density at radius 3 is 2.30 bits per heavy atom.